The summed E-state index contributed by atoms with van der Waals surface area (Å²) < 4.78 is 10.5. The second-order valence-corrected chi connectivity index (χ2v) is 6.24. The van der Waals surface area contributed by atoms with Crippen LogP contribution in [0.5, 0.6) is 0 Å². The van der Waals surface area contributed by atoms with Crippen LogP contribution in [-0.2, 0) is 6.42 Å². The second-order valence-electron chi connectivity index (χ2n) is 6.24. The Kier molecular flexibility index (Phi) is 3.44. The Morgan fingerprint density at radius 2 is 2.27 bits per heavy atom. The third kappa shape index (κ3) is 2.77. The zero-order valence-electron chi connectivity index (χ0n) is 12.4. The van der Waals surface area contributed by atoms with Gasteiger partial charge in [-0.2, -0.15) is 4.98 Å². The van der Waals surface area contributed by atoms with E-state index in [0.717, 1.165) is 44.1 Å². The summed E-state index contributed by atoms with van der Waals surface area (Å²) in [5, 5.41) is 4.05. The van der Waals surface area contributed by atoms with E-state index in [0.29, 0.717) is 17.6 Å². The Bertz CT molecular complexity index is 645. The van der Waals surface area contributed by atoms with Gasteiger partial charge in [0.1, 0.15) is 0 Å². The molecule has 0 N–H and O–H groups in total. The number of amides is 1. The minimum absolute atomic E-state index is 0.0110. The van der Waals surface area contributed by atoms with Crippen molar-refractivity contribution < 1.29 is 13.7 Å². The number of aryl methyl sites for hydroxylation is 1. The molecule has 1 saturated heterocycles. The molecular formula is C16H19N3O3. The van der Waals surface area contributed by atoms with E-state index in [2.05, 4.69) is 10.1 Å². The first-order chi connectivity index (χ1) is 10.8. The molecule has 22 heavy (non-hydrogen) atoms. The van der Waals surface area contributed by atoms with E-state index in [4.69, 9.17) is 8.94 Å². The van der Waals surface area contributed by atoms with Gasteiger partial charge in [-0.25, -0.2) is 0 Å². The number of rotatable bonds is 5. The third-order valence-electron chi connectivity index (χ3n) is 4.49. The quantitative estimate of drug-likeness (QED) is 0.849. The Labute approximate surface area is 128 Å². The molecule has 4 rings (SSSR count). The number of likely N-dealkylation sites (tertiary alicyclic amines) is 1. The number of furan rings is 1. The SMILES string of the molecule is O=C(c1ccco1)N1CCC(CCc2noc(C3CC3)n2)C1. The van der Waals surface area contributed by atoms with Gasteiger partial charge < -0.3 is 13.8 Å². The third-order valence-corrected chi connectivity index (χ3v) is 4.49. The smallest absolute Gasteiger partial charge is 0.289 e. The van der Waals surface area contributed by atoms with E-state index in [1.54, 1.807) is 12.1 Å². The van der Waals surface area contributed by atoms with E-state index in [9.17, 15) is 4.79 Å². The highest BCUT2D eigenvalue weighted by Gasteiger charge is 2.30. The molecule has 6 heteroatoms. The van der Waals surface area contributed by atoms with Crippen LogP contribution >= 0.6 is 0 Å². The monoisotopic (exact) mass is 301 g/mol. The van der Waals surface area contributed by atoms with E-state index >= 15 is 0 Å². The number of hydrogen-bond acceptors (Lipinski definition) is 5. The van der Waals surface area contributed by atoms with Crippen molar-refractivity contribution in [3.8, 4) is 0 Å². The first-order valence-electron chi connectivity index (χ1n) is 7.95. The summed E-state index contributed by atoms with van der Waals surface area (Å²) in [6.45, 7) is 1.58. The van der Waals surface area contributed by atoms with Crippen molar-refractivity contribution in [1.82, 2.24) is 15.0 Å². The molecule has 0 bridgehead atoms. The molecule has 1 unspecified atom stereocenters. The molecule has 0 radical (unpaired) electrons. The van der Waals surface area contributed by atoms with Crippen LogP contribution in [0.2, 0.25) is 0 Å². The molecule has 1 amide bonds. The zero-order chi connectivity index (χ0) is 14.9. The maximum absolute atomic E-state index is 12.2. The predicted octanol–water partition coefficient (Wildman–Crippen LogP) is 2.63. The van der Waals surface area contributed by atoms with Gasteiger partial charge in [0, 0.05) is 25.4 Å². The van der Waals surface area contributed by atoms with Gasteiger partial charge in [-0.15, -0.1) is 0 Å². The average Bonchev–Trinajstić information content (AvgIpc) is 3.02. The normalized spacial score (nSPS) is 21.5. The molecule has 6 nitrogen and oxygen atoms in total. The molecule has 2 aliphatic rings. The van der Waals surface area contributed by atoms with Gasteiger partial charge in [0.15, 0.2) is 11.6 Å². The number of nitrogens with zero attached hydrogens (tertiary/aromatic N) is 3. The predicted molar refractivity (Wildman–Crippen MR) is 77.3 cm³/mol. The van der Waals surface area contributed by atoms with Crippen LogP contribution < -0.4 is 0 Å². The molecule has 0 spiro atoms. The summed E-state index contributed by atoms with van der Waals surface area (Å²) in [6.07, 6.45) is 6.73. The molecule has 3 heterocycles. The van der Waals surface area contributed by atoms with Crippen LogP contribution in [0.1, 0.15) is 53.9 Å². The van der Waals surface area contributed by atoms with Gasteiger partial charge in [0.05, 0.1) is 6.26 Å². The molecule has 1 aliphatic carbocycles. The summed E-state index contributed by atoms with van der Waals surface area (Å²) in [5.41, 5.74) is 0. The molecular weight excluding hydrogens is 282 g/mol. The van der Waals surface area contributed by atoms with Crippen LogP contribution in [0.25, 0.3) is 0 Å². The van der Waals surface area contributed by atoms with E-state index in [1.165, 1.54) is 19.1 Å². The van der Waals surface area contributed by atoms with Crippen molar-refractivity contribution in [3.63, 3.8) is 0 Å². The van der Waals surface area contributed by atoms with Gasteiger partial charge >= 0.3 is 0 Å². The Balaban J connectivity index is 1.28. The summed E-state index contributed by atoms with van der Waals surface area (Å²) in [7, 11) is 0. The minimum Gasteiger partial charge on any atom is -0.459 e. The maximum atomic E-state index is 12.2. The van der Waals surface area contributed by atoms with Crippen molar-refractivity contribution in [2.75, 3.05) is 13.1 Å². The van der Waals surface area contributed by atoms with Crippen molar-refractivity contribution in [2.45, 2.75) is 38.0 Å². The van der Waals surface area contributed by atoms with Crippen LogP contribution in [0, 0.1) is 5.92 Å². The first-order valence-corrected chi connectivity index (χ1v) is 7.95. The molecule has 0 aromatic carbocycles. The second kappa shape index (κ2) is 5.59. The fourth-order valence-electron chi connectivity index (χ4n) is 3.01. The van der Waals surface area contributed by atoms with Crippen molar-refractivity contribution >= 4 is 5.91 Å². The fourth-order valence-corrected chi connectivity index (χ4v) is 3.01. The molecule has 116 valence electrons. The lowest BCUT2D eigenvalue weighted by Crippen LogP contribution is -2.28. The Hall–Kier alpha value is -2.11. The van der Waals surface area contributed by atoms with Crippen LogP contribution in [0.4, 0.5) is 0 Å². The van der Waals surface area contributed by atoms with Gasteiger partial charge in [-0.05, 0) is 43.7 Å². The summed E-state index contributed by atoms with van der Waals surface area (Å²) in [5.74, 6) is 3.03. The van der Waals surface area contributed by atoms with Crippen molar-refractivity contribution in [3.05, 3.63) is 35.9 Å². The largest absolute Gasteiger partial charge is 0.459 e. The topological polar surface area (TPSA) is 72.4 Å². The van der Waals surface area contributed by atoms with Crippen LogP contribution in [-0.4, -0.2) is 34.0 Å². The Morgan fingerprint density at radius 3 is 3.05 bits per heavy atom. The summed E-state index contributed by atoms with van der Waals surface area (Å²) in [4.78, 5) is 18.5. The minimum atomic E-state index is -0.0110. The van der Waals surface area contributed by atoms with Gasteiger partial charge in [0.2, 0.25) is 5.89 Å². The van der Waals surface area contributed by atoms with E-state index in [1.807, 2.05) is 4.90 Å². The van der Waals surface area contributed by atoms with Crippen molar-refractivity contribution in [1.29, 1.82) is 0 Å². The van der Waals surface area contributed by atoms with Crippen LogP contribution in [0.3, 0.4) is 0 Å². The Morgan fingerprint density at radius 1 is 1.36 bits per heavy atom. The number of aromatic nitrogens is 2. The summed E-state index contributed by atoms with van der Waals surface area (Å²) in [6, 6.07) is 3.46. The molecule has 2 fully saturated rings. The van der Waals surface area contributed by atoms with E-state index < -0.39 is 0 Å². The number of carbonyl (C=O) groups excluding carboxylic acids is 1. The maximum Gasteiger partial charge on any atom is 0.289 e. The zero-order valence-corrected chi connectivity index (χ0v) is 12.4. The van der Waals surface area contributed by atoms with Gasteiger partial charge in [0.25, 0.3) is 5.91 Å². The standard InChI is InChI=1S/C16H19N3O3/c20-16(13-2-1-9-21-13)19-8-7-11(10-19)3-6-14-17-15(22-18-14)12-4-5-12/h1-2,9,11-12H,3-8,10H2. The van der Waals surface area contributed by atoms with Gasteiger partial charge in [-0.3, -0.25) is 4.79 Å². The first kappa shape index (κ1) is 13.5. The highest BCUT2D eigenvalue weighted by molar-refractivity contribution is 5.91. The highest BCUT2D eigenvalue weighted by Crippen LogP contribution is 2.38. The van der Waals surface area contributed by atoms with E-state index in [-0.39, 0.29) is 5.91 Å². The van der Waals surface area contributed by atoms with Crippen molar-refractivity contribution in [2.24, 2.45) is 5.92 Å². The molecule has 1 atom stereocenters. The summed E-state index contributed by atoms with van der Waals surface area (Å²) >= 11 is 0. The molecule has 1 aliphatic heterocycles. The number of carbonyl (C=O) groups is 1. The lowest BCUT2D eigenvalue weighted by molar-refractivity contribution is 0.0755. The molecule has 1 saturated carbocycles. The molecule has 2 aromatic heterocycles. The van der Waals surface area contributed by atoms with Crippen LogP contribution in [0.15, 0.2) is 27.3 Å². The lowest BCUT2D eigenvalue weighted by atomic mass is 10.0. The average molecular weight is 301 g/mol. The highest BCUT2D eigenvalue weighted by atomic mass is 16.5. The fraction of sp³-hybridized carbons (Fsp3) is 0.562. The van der Waals surface area contributed by atoms with Gasteiger partial charge in [-0.1, -0.05) is 5.16 Å². The molecule has 2 aromatic rings. The lowest BCUT2D eigenvalue weighted by Gasteiger charge is -2.14. The number of hydrogen-bond donors (Lipinski definition) is 0.